The number of aromatic nitrogens is 2. The van der Waals surface area contributed by atoms with Gasteiger partial charge in [0.25, 0.3) is 0 Å². The number of nitrogens with one attached hydrogen (secondary N) is 1. The third-order valence-corrected chi connectivity index (χ3v) is 13.1. The van der Waals surface area contributed by atoms with Gasteiger partial charge in [-0.05, 0) is 137 Å². The number of pyridine rings is 1. The Labute approximate surface area is 327 Å². The van der Waals surface area contributed by atoms with Crippen LogP contribution in [0.1, 0.15) is 50.4 Å². The van der Waals surface area contributed by atoms with Gasteiger partial charge in [0.2, 0.25) is 0 Å². The first-order chi connectivity index (χ1) is 27.6. The number of dihydropyridines is 1. The first kappa shape index (κ1) is 31.9. The summed E-state index contributed by atoms with van der Waals surface area (Å²) in [6.07, 6.45) is 20.0. The van der Waals surface area contributed by atoms with E-state index >= 15 is 0 Å². The fourth-order valence-electron chi connectivity index (χ4n) is 10.5. The summed E-state index contributed by atoms with van der Waals surface area (Å²) < 4.78 is 2.53. The van der Waals surface area contributed by atoms with Gasteiger partial charge in [0.05, 0.1) is 22.8 Å². The normalized spacial score (nSPS) is 18.7. The maximum absolute atomic E-state index is 5.00. The van der Waals surface area contributed by atoms with Crippen LogP contribution in [-0.2, 0) is 25.7 Å². The highest BCUT2D eigenvalue weighted by Crippen LogP contribution is 2.57. The minimum atomic E-state index is 0.181. The smallest absolute Gasteiger partial charge is 0.133 e. The number of allylic oxidation sites excluding steroid dienone is 4. The van der Waals surface area contributed by atoms with E-state index in [1.165, 1.54) is 99.8 Å². The summed E-state index contributed by atoms with van der Waals surface area (Å²) in [4.78, 5) is 7.56. The summed E-state index contributed by atoms with van der Waals surface area (Å²) in [5.41, 5.74) is 22.1. The van der Waals surface area contributed by atoms with Gasteiger partial charge < -0.3 is 10.2 Å². The molecule has 270 valence electrons. The molecule has 0 spiro atoms. The molecule has 56 heavy (non-hydrogen) atoms. The van der Waals surface area contributed by atoms with Crippen molar-refractivity contribution in [2.24, 2.45) is 0 Å². The first-order valence-electron chi connectivity index (χ1n) is 20.3. The molecule has 4 heterocycles. The largest absolute Gasteiger partial charge is 0.368 e. The van der Waals surface area contributed by atoms with Crippen molar-refractivity contribution < 1.29 is 0 Å². The van der Waals surface area contributed by atoms with Crippen LogP contribution in [0.2, 0.25) is 0 Å². The molecule has 2 unspecified atom stereocenters. The number of anilines is 2. The standard InChI is InChI=1S/C52H42N4/c1-31-9-13-33(14-10-31)35-19-23-45-41(27-35)43-29-37-17-22-40-50-38(18-21-39(49(37)50)51(43)55(45)47-7-3-5-25-53-47)30-44-42-28-36(34-15-11-32(2)12-16-34)20-24-46(42)56(52(40)44)48-8-4-6-26-54-48/h3-16,19-20,23-25,27-30,41,45,54H,17-18,21-22,26H2,1-2H3. The fraction of sp³-hybridized carbons (Fsp3) is 0.173. The highest BCUT2D eigenvalue weighted by Gasteiger charge is 2.43. The Balaban J connectivity index is 1.10. The molecule has 0 amide bonds. The number of hydrogen-bond acceptors (Lipinski definition) is 3. The molecule has 0 fully saturated rings. The average Bonchev–Trinajstić information content (AvgIpc) is 3.75. The quantitative estimate of drug-likeness (QED) is 0.196. The van der Waals surface area contributed by atoms with Crippen molar-refractivity contribution in [3.63, 3.8) is 0 Å². The van der Waals surface area contributed by atoms with Gasteiger partial charge in [-0.3, -0.25) is 4.57 Å². The SMILES string of the molecule is Cc1ccc(C2=CC3c4cc5c6c(c4N(c4ccccn4)C3C=C2)CCc2cc3c4cc(-c7ccc(C)cc7)ccc4n(C4=CC=CCN4)c3c(c2-6)CC5)cc1. The summed E-state index contributed by atoms with van der Waals surface area (Å²) in [7, 11) is 0. The van der Waals surface area contributed by atoms with E-state index in [2.05, 4.69) is 156 Å². The predicted octanol–water partition coefficient (Wildman–Crippen LogP) is 11.6. The Morgan fingerprint density at radius 1 is 0.714 bits per heavy atom. The zero-order valence-electron chi connectivity index (χ0n) is 31.8. The molecule has 3 aliphatic carbocycles. The summed E-state index contributed by atoms with van der Waals surface area (Å²) in [5.74, 6) is 2.43. The van der Waals surface area contributed by atoms with E-state index in [-0.39, 0.29) is 12.0 Å². The lowest BCUT2D eigenvalue weighted by atomic mass is 9.72. The number of nitrogens with zero attached hydrogens (tertiary/aromatic N) is 3. The lowest BCUT2D eigenvalue weighted by Crippen LogP contribution is -2.30. The topological polar surface area (TPSA) is 33.1 Å². The van der Waals surface area contributed by atoms with Crippen molar-refractivity contribution in [1.29, 1.82) is 0 Å². The van der Waals surface area contributed by atoms with Crippen molar-refractivity contribution in [1.82, 2.24) is 14.9 Å². The Kier molecular flexibility index (Phi) is 6.87. The molecule has 0 radical (unpaired) electrons. The summed E-state index contributed by atoms with van der Waals surface area (Å²) >= 11 is 0. The van der Waals surface area contributed by atoms with Gasteiger partial charge in [0, 0.05) is 29.4 Å². The number of benzene rings is 5. The third kappa shape index (κ3) is 4.62. The number of rotatable bonds is 4. The molecular weight excluding hydrogens is 681 g/mol. The molecule has 1 N–H and O–H groups in total. The van der Waals surface area contributed by atoms with Crippen LogP contribution in [0.3, 0.4) is 0 Å². The van der Waals surface area contributed by atoms with Crippen LogP contribution in [0, 0.1) is 13.8 Å². The third-order valence-electron chi connectivity index (χ3n) is 13.1. The molecule has 4 nitrogen and oxygen atoms in total. The zero-order valence-corrected chi connectivity index (χ0v) is 31.8. The van der Waals surface area contributed by atoms with Gasteiger partial charge in [0.1, 0.15) is 11.6 Å². The number of fused-ring (bicyclic) bond motifs is 8. The van der Waals surface area contributed by atoms with Gasteiger partial charge in [-0.15, -0.1) is 0 Å². The fourth-order valence-corrected chi connectivity index (χ4v) is 10.5. The second-order valence-corrected chi connectivity index (χ2v) is 16.3. The van der Waals surface area contributed by atoms with E-state index in [9.17, 15) is 0 Å². The second-order valence-electron chi connectivity index (χ2n) is 16.3. The zero-order chi connectivity index (χ0) is 37.1. The van der Waals surface area contributed by atoms with Crippen LogP contribution in [-0.4, -0.2) is 22.1 Å². The lowest BCUT2D eigenvalue weighted by Gasteiger charge is -2.34. The highest BCUT2D eigenvalue weighted by molar-refractivity contribution is 6.14. The molecule has 12 rings (SSSR count). The van der Waals surface area contributed by atoms with Crippen molar-refractivity contribution in [3.05, 3.63) is 184 Å². The van der Waals surface area contributed by atoms with Crippen LogP contribution in [0.4, 0.5) is 11.5 Å². The van der Waals surface area contributed by atoms with Crippen LogP contribution in [0.25, 0.3) is 55.5 Å². The van der Waals surface area contributed by atoms with E-state index in [0.717, 1.165) is 43.9 Å². The van der Waals surface area contributed by atoms with E-state index in [1.807, 2.05) is 12.3 Å². The minimum absolute atomic E-state index is 0.181. The van der Waals surface area contributed by atoms with Crippen LogP contribution in [0.15, 0.2) is 140 Å². The van der Waals surface area contributed by atoms with Gasteiger partial charge in [-0.25, -0.2) is 4.98 Å². The second kappa shape index (κ2) is 12.1. The maximum Gasteiger partial charge on any atom is 0.133 e. The summed E-state index contributed by atoms with van der Waals surface area (Å²) in [6, 6.07) is 36.7. The minimum Gasteiger partial charge on any atom is -0.368 e. The maximum atomic E-state index is 5.00. The molecule has 0 bridgehead atoms. The average molecular weight is 723 g/mol. The van der Waals surface area contributed by atoms with Gasteiger partial charge in [0.15, 0.2) is 0 Å². The Bertz CT molecular complexity index is 2920. The molecule has 0 saturated heterocycles. The van der Waals surface area contributed by atoms with E-state index < -0.39 is 0 Å². The van der Waals surface area contributed by atoms with E-state index in [0.29, 0.717) is 0 Å². The Morgan fingerprint density at radius 3 is 2.23 bits per heavy atom. The molecule has 5 aliphatic rings. The molecule has 5 aromatic carbocycles. The highest BCUT2D eigenvalue weighted by atomic mass is 15.2. The van der Waals surface area contributed by atoms with E-state index in [1.54, 1.807) is 0 Å². The van der Waals surface area contributed by atoms with Crippen LogP contribution < -0.4 is 10.2 Å². The Hall–Kier alpha value is -6.39. The van der Waals surface area contributed by atoms with Crippen molar-refractivity contribution in [2.45, 2.75) is 51.5 Å². The van der Waals surface area contributed by atoms with Crippen LogP contribution in [0.5, 0.6) is 0 Å². The predicted molar refractivity (Wildman–Crippen MR) is 232 cm³/mol. The van der Waals surface area contributed by atoms with Crippen molar-refractivity contribution in [3.8, 4) is 22.3 Å². The van der Waals surface area contributed by atoms with Gasteiger partial charge in [-0.1, -0.05) is 108 Å². The molecule has 2 atom stereocenters. The van der Waals surface area contributed by atoms with Crippen molar-refractivity contribution >= 4 is 44.7 Å². The first-order valence-corrected chi connectivity index (χ1v) is 20.3. The van der Waals surface area contributed by atoms with Gasteiger partial charge in [-0.2, -0.15) is 0 Å². The number of hydrogen-bond donors (Lipinski definition) is 1. The molecular formula is C52H42N4. The molecule has 2 aromatic heterocycles. The molecule has 4 heteroatoms. The lowest BCUT2D eigenvalue weighted by molar-refractivity contribution is 0.739. The Morgan fingerprint density at radius 2 is 1.46 bits per heavy atom. The summed E-state index contributed by atoms with van der Waals surface area (Å²) in [6.45, 7) is 5.15. The summed E-state index contributed by atoms with van der Waals surface area (Å²) in [5, 5.41) is 6.44. The van der Waals surface area contributed by atoms with Crippen molar-refractivity contribution in [2.75, 3.05) is 11.4 Å². The number of aryl methyl sites for hydroxylation is 5. The van der Waals surface area contributed by atoms with Crippen LogP contribution >= 0.6 is 0 Å². The molecule has 7 aromatic rings. The molecule has 0 saturated carbocycles. The monoisotopic (exact) mass is 722 g/mol. The van der Waals surface area contributed by atoms with Gasteiger partial charge >= 0.3 is 0 Å². The van der Waals surface area contributed by atoms with E-state index in [4.69, 9.17) is 4.98 Å². The molecule has 2 aliphatic heterocycles.